The summed E-state index contributed by atoms with van der Waals surface area (Å²) in [5, 5.41) is 6.05. The van der Waals surface area contributed by atoms with Crippen molar-refractivity contribution in [1.82, 2.24) is 9.78 Å². The van der Waals surface area contributed by atoms with Crippen molar-refractivity contribution >= 4 is 10.9 Å². The Morgan fingerprint density at radius 3 is 2.86 bits per heavy atom. The zero-order valence-corrected chi connectivity index (χ0v) is 13.9. The van der Waals surface area contributed by atoms with E-state index in [9.17, 15) is 0 Å². The number of quaternary nitrogens is 1. The minimum atomic E-state index is 0. The molecule has 1 N–H and O–H groups in total. The van der Waals surface area contributed by atoms with E-state index >= 15 is 0 Å². The van der Waals surface area contributed by atoms with Gasteiger partial charge in [-0.1, -0.05) is 18.2 Å². The number of hydrogen-bond donors (Lipinski definition) is 1. The topological polar surface area (TPSA) is 31.5 Å². The maximum atomic E-state index is 6.20. The van der Waals surface area contributed by atoms with Crippen LogP contribution < -0.4 is 17.3 Å². The molecule has 2 unspecified atom stereocenters. The van der Waals surface area contributed by atoms with E-state index in [0.29, 0.717) is 0 Å². The van der Waals surface area contributed by atoms with Crippen LogP contribution in [0.3, 0.4) is 0 Å². The molecule has 2 atom stereocenters. The molecular weight excluding hydrogens is 298 g/mol. The lowest BCUT2D eigenvalue weighted by molar-refractivity contribution is -0.915. The number of aromatic nitrogens is 2. The fraction of sp³-hybridized carbons (Fsp3) is 0.588. The van der Waals surface area contributed by atoms with Gasteiger partial charge in [0.2, 0.25) is 0 Å². The Labute approximate surface area is 137 Å². The minimum Gasteiger partial charge on any atom is -1.00 e. The third-order valence-electron chi connectivity index (χ3n) is 5.13. The van der Waals surface area contributed by atoms with Gasteiger partial charge >= 0.3 is 0 Å². The molecule has 2 heterocycles. The van der Waals surface area contributed by atoms with Gasteiger partial charge in [0.1, 0.15) is 12.6 Å². The summed E-state index contributed by atoms with van der Waals surface area (Å²) in [6, 6.07) is 9.30. The number of rotatable bonds is 3. The predicted octanol–water partition coefficient (Wildman–Crippen LogP) is -1.43. The smallest absolute Gasteiger partial charge is 0.148 e. The number of aryl methyl sites for hydroxylation is 1. The van der Waals surface area contributed by atoms with Crippen molar-refractivity contribution in [2.45, 2.75) is 44.4 Å². The second kappa shape index (κ2) is 6.57. The second-order valence-corrected chi connectivity index (χ2v) is 6.52. The highest BCUT2D eigenvalue weighted by molar-refractivity contribution is 5.81. The van der Waals surface area contributed by atoms with Gasteiger partial charge in [0.05, 0.1) is 24.3 Å². The summed E-state index contributed by atoms with van der Waals surface area (Å²) < 4.78 is 8.39. The lowest BCUT2D eigenvalue weighted by Crippen LogP contribution is -3.14. The first-order valence-corrected chi connectivity index (χ1v) is 8.22. The molecule has 4 rings (SSSR count). The van der Waals surface area contributed by atoms with Crippen LogP contribution in [0.1, 0.15) is 37.5 Å². The first-order chi connectivity index (χ1) is 10.3. The third kappa shape index (κ3) is 2.75. The van der Waals surface area contributed by atoms with Crippen LogP contribution in [0.5, 0.6) is 0 Å². The van der Waals surface area contributed by atoms with Crippen molar-refractivity contribution < 1.29 is 22.0 Å². The van der Waals surface area contributed by atoms with E-state index < -0.39 is 0 Å². The highest BCUT2D eigenvalue weighted by atomic mass is 35.5. The average Bonchev–Trinajstić information content (AvgIpc) is 2.67. The van der Waals surface area contributed by atoms with Gasteiger partial charge in [0.15, 0.2) is 0 Å². The number of hydrogen-bond acceptors (Lipinski definition) is 2. The Hall–Kier alpha value is -1.10. The lowest BCUT2D eigenvalue weighted by atomic mass is 9.91. The van der Waals surface area contributed by atoms with Crippen LogP contribution in [-0.4, -0.2) is 36.0 Å². The van der Waals surface area contributed by atoms with Crippen molar-refractivity contribution in [1.29, 1.82) is 0 Å². The maximum Gasteiger partial charge on any atom is 0.148 e. The van der Waals surface area contributed by atoms with E-state index in [4.69, 9.17) is 9.84 Å². The predicted molar refractivity (Wildman–Crippen MR) is 82.4 cm³/mol. The van der Waals surface area contributed by atoms with Crippen molar-refractivity contribution in [2.24, 2.45) is 0 Å². The molecule has 1 aromatic carbocycles. The molecule has 2 aromatic rings. The van der Waals surface area contributed by atoms with Gasteiger partial charge in [0, 0.05) is 18.5 Å². The average molecular weight is 322 g/mol. The van der Waals surface area contributed by atoms with Crippen LogP contribution in [-0.2, 0) is 11.3 Å². The molecule has 5 heteroatoms. The summed E-state index contributed by atoms with van der Waals surface area (Å²) in [6.07, 6.45) is 5.38. The van der Waals surface area contributed by atoms with Gasteiger partial charge < -0.3 is 22.0 Å². The van der Waals surface area contributed by atoms with Gasteiger partial charge in [-0.25, -0.2) is 0 Å². The lowest BCUT2D eigenvalue weighted by Gasteiger charge is -2.33. The van der Waals surface area contributed by atoms with Gasteiger partial charge in [-0.15, -0.1) is 0 Å². The van der Waals surface area contributed by atoms with E-state index in [1.807, 2.05) is 0 Å². The molecule has 0 bridgehead atoms. The van der Waals surface area contributed by atoms with Gasteiger partial charge in [-0.3, -0.25) is 4.68 Å². The molecule has 0 spiro atoms. The number of nitrogens with zero attached hydrogens (tertiary/aromatic N) is 2. The third-order valence-corrected chi connectivity index (χ3v) is 5.13. The van der Waals surface area contributed by atoms with Crippen LogP contribution in [0.4, 0.5) is 0 Å². The Kier molecular flexibility index (Phi) is 4.71. The number of halogens is 1. The minimum absolute atomic E-state index is 0. The van der Waals surface area contributed by atoms with Crippen LogP contribution in [0, 0.1) is 0 Å². The molecular formula is C17H24ClN3O. The van der Waals surface area contributed by atoms with Crippen molar-refractivity contribution in [3.63, 3.8) is 0 Å². The summed E-state index contributed by atoms with van der Waals surface area (Å²) in [4.78, 5) is 1.62. The zero-order valence-electron chi connectivity index (χ0n) is 13.1. The number of benzene rings is 1. The van der Waals surface area contributed by atoms with Crippen molar-refractivity contribution in [3.8, 4) is 0 Å². The molecule has 1 fully saturated rings. The van der Waals surface area contributed by atoms with Crippen LogP contribution in [0.2, 0.25) is 0 Å². The summed E-state index contributed by atoms with van der Waals surface area (Å²) in [5.41, 5.74) is 2.39. The fourth-order valence-corrected chi connectivity index (χ4v) is 3.65. The normalized spacial score (nSPS) is 23.2. The molecule has 0 amide bonds. The standard InChI is InChI=1S/C17H23N3O.ClH/c1-19(13-6-4-7-13)12-16-17-14-8-2-3-9-15(14)18-20(17)10-5-11-21-16;/h2-3,8-9,13,16H,4-7,10-12H2,1H3;1H. The van der Waals surface area contributed by atoms with Gasteiger partial charge in [-0.05, 0) is 31.7 Å². The van der Waals surface area contributed by atoms with Crippen molar-refractivity contribution in [3.05, 3.63) is 30.0 Å². The molecule has 1 saturated carbocycles. The van der Waals surface area contributed by atoms with Crippen LogP contribution in [0.15, 0.2) is 24.3 Å². The molecule has 0 radical (unpaired) electrons. The highest BCUT2D eigenvalue weighted by Gasteiger charge is 2.31. The van der Waals surface area contributed by atoms with Crippen molar-refractivity contribution in [2.75, 3.05) is 20.2 Å². The first kappa shape index (κ1) is 15.8. The number of ether oxygens (including phenoxy) is 1. The Morgan fingerprint density at radius 1 is 1.27 bits per heavy atom. The second-order valence-electron chi connectivity index (χ2n) is 6.52. The van der Waals surface area contributed by atoms with E-state index in [1.165, 1.54) is 30.3 Å². The molecule has 1 aromatic heterocycles. The first-order valence-electron chi connectivity index (χ1n) is 8.22. The number of likely N-dealkylation sites (N-methyl/N-ethyl adjacent to an activating group) is 1. The maximum absolute atomic E-state index is 6.20. The van der Waals surface area contributed by atoms with E-state index in [0.717, 1.165) is 37.7 Å². The van der Waals surface area contributed by atoms with E-state index in [-0.39, 0.29) is 18.5 Å². The molecule has 0 saturated heterocycles. The fourth-order valence-electron chi connectivity index (χ4n) is 3.65. The number of fused-ring (bicyclic) bond motifs is 3. The molecule has 120 valence electrons. The summed E-state index contributed by atoms with van der Waals surface area (Å²) in [7, 11) is 2.32. The quantitative estimate of drug-likeness (QED) is 0.751. The van der Waals surface area contributed by atoms with Crippen LogP contribution >= 0.6 is 0 Å². The molecule has 2 aliphatic rings. The number of nitrogens with one attached hydrogen (secondary N) is 1. The highest BCUT2D eigenvalue weighted by Crippen LogP contribution is 2.28. The molecule has 1 aliphatic heterocycles. The SMILES string of the molecule is C[NH+](CC1OCCCn2nc3ccccc3c21)C1CCC1.[Cl-]. The van der Waals surface area contributed by atoms with E-state index in [2.05, 4.69) is 36.0 Å². The molecule has 1 aliphatic carbocycles. The Balaban J connectivity index is 0.00000144. The summed E-state index contributed by atoms with van der Waals surface area (Å²) in [6.45, 7) is 2.88. The van der Waals surface area contributed by atoms with Gasteiger partial charge in [-0.2, -0.15) is 5.10 Å². The molecule has 4 nitrogen and oxygen atoms in total. The summed E-state index contributed by atoms with van der Waals surface area (Å²) in [5.74, 6) is 0. The van der Waals surface area contributed by atoms with E-state index in [1.54, 1.807) is 4.90 Å². The Morgan fingerprint density at radius 2 is 2.09 bits per heavy atom. The molecule has 22 heavy (non-hydrogen) atoms. The van der Waals surface area contributed by atoms with Gasteiger partial charge in [0.25, 0.3) is 0 Å². The zero-order chi connectivity index (χ0) is 14.2. The summed E-state index contributed by atoms with van der Waals surface area (Å²) >= 11 is 0. The largest absolute Gasteiger partial charge is 1.00 e. The monoisotopic (exact) mass is 321 g/mol. The Bertz CT molecular complexity index is 638. The van der Waals surface area contributed by atoms with Crippen LogP contribution in [0.25, 0.3) is 10.9 Å².